The lowest BCUT2D eigenvalue weighted by Gasteiger charge is -2.03. The summed E-state index contributed by atoms with van der Waals surface area (Å²) in [5.41, 5.74) is 1.59. The Hall–Kier alpha value is -0.520. The molecule has 0 spiro atoms. The average molecular weight is 547 g/mol. The summed E-state index contributed by atoms with van der Waals surface area (Å²) in [6.45, 7) is 11.3. The summed E-state index contributed by atoms with van der Waals surface area (Å²) < 4.78 is 0. The van der Waals surface area contributed by atoms with Crippen molar-refractivity contribution in [1.29, 1.82) is 0 Å². The minimum atomic E-state index is 1.20. The second kappa shape index (κ2) is 39.6. The maximum absolute atomic E-state index is 2.38. The van der Waals surface area contributed by atoms with Crippen LogP contribution in [0.4, 0.5) is 0 Å². The standard InChI is InChI=1S/C20H40.C19H38/c1-3-5-7-9-11-13-15-17-19-20-18-16-14-12-10-8-6-4-2;1-4-6-7-8-9-10-11-12-13-14-15-16-18-19(3)17-5-2/h7,9H,3-6,8,10-20H2,1-2H3;17H,4-16,18H2,1-3H3. The van der Waals surface area contributed by atoms with Gasteiger partial charge in [0.15, 0.2) is 0 Å². The highest BCUT2D eigenvalue weighted by Crippen LogP contribution is 2.15. The van der Waals surface area contributed by atoms with Crippen LogP contribution in [0.25, 0.3) is 0 Å². The summed E-state index contributed by atoms with van der Waals surface area (Å²) in [7, 11) is 0. The van der Waals surface area contributed by atoms with Gasteiger partial charge in [0.2, 0.25) is 0 Å². The van der Waals surface area contributed by atoms with Crippen LogP contribution in [-0.4, -0.2) is 0 Å². The minimum Gasteiger partial charge on any atom is -0.0885 e. The van der Waals surface area contributed by atoms with E-state index in [9.17, 15) is 0 Å². The maximum Gasteiger partial charge on any atom is -0.0323 e. The molecular weight excluding hydrogens is 468 g/mol. The summed E-state index contributed by atoms with van der Waals surface area (Å²) in [6, 6.07) is 0. The summed E-state index contributed by atoms with van der Waals surface area (Å²) in [5.74, 6) is 0. The van der Waals surface area contributed by atoms with Gasteiger partial charge in [-0.05, 0) is 45.4 Å². The van der Waals surface area contributed by atoms with Gasteiger partial charge < -0.3 is 0 Å². The molecule has 0 aliphatic rings. The highest BCUT2D eigenvalue weighted by Gasteiger charge is 1.95. The highest BCUT2D eigenvalue weighted by atomic mass is 14.0. The largest absolute Gasteiger partial charge is 0.0885 e. The third-order valence-electron chi connectivity index (χ3n) is 8.07. The second-order valence-electron chi connectivity index (χ2n) is 12.4. The van der Waals surface area contributed by atoms with Crippen molar-refractivity contribution in [3.8, 4) is 0 Å². The molecular formula is C39H78. The zero-order valence-electron chi connectivity index (χ0n) is 28.4. The van der Waals surface area contributed by atoms with Crippen molar-refractivity contribution in [1.82, 2.24) is 0 Å². The molecule has 0 atom stereocenters. The third kappa shape index (κ3) is 42.1. The highest BCUT2D eigenvalue weighted by molar-refractivity contribution is 4.96. The van der Waals surface area contributed by atoms with Crippen LogP contribution in [-0.2, 0) is 0 Å². The monoisotopic (exact) mass is 547 g/mol. The maximum atomic E-state index is 2.38. The lowest BCUT2D eigenvalue weighted by molar-refractivity contribution is 0.540. The summed E-state index contributed by atoms with van der Waals surface area (Å²) >= 11 is 0. The van der Waals surface area contributed by atoms with Crippen LogP contribution in [0.15, 0.2) is 23.8 Å². The molecule has 0 aliphatic heterocycles. The number of hydrogen-bond donors (Lipinski definition) is 0. The van der Waals surface area contributed by atoms with E-state index in [1.165, 1.54) is 193 Å². The fraction of sp³-hybridized carbons (Fsp3) is 0.897. The van der Waals surface area contributed by atoms with E-state index in [-0.39, 0.29) is 0 Å². The smallest absolute Gasteiger partial charge is 0.0323 e. The fourth-order valence-corrected chi connectivity index (χ4v) is 5.38. The Morgan fingerprint density at radius 3 is 1.05 bits per heavy atom. The molecule has 0 amide bonds. The zero-order chi connectivity index (χ0) is 28.9. The minimum absolute atomic E-state index is 1.20. The van der Waals surface area contributed by atoms with Crippen LogP contribution in [0, 0.1) is 0 Å². The number of hydrogen-bond acceptors (Lipinski definition) is 0. The molecule has 0 aliphatic carbocycles. The van der Waals surface area contributed by atoms with Crippen molar-refractivity contribution in [2.75, 3.05) is 0 Å². The Balaban J connectivity index is 0. The topological polar surface area (TPSA) is 0 Å². The van der Waals surface area contributed by atoms with Crippen molar-refractivity contribution in [3.63, 3.8) is 0 Å². The summed E-state index contributed by atoms with van der Waals surface area (Å²) in [5, 5.41) is 0. The zero-order valence-corrected chi connectivity index (χ0v) is 28.4. The van der Waals surface area contributed by atoms with Crippen LogP contribution in [0.5, 0.6) is 0 Å². The predicted octanol–water partition coefficient (Wildman–Crippen LogP) is 15.3. The van der Waals surface area contributed by atoms with Crippen molar-refractivity contribution in [2.24, 2.45) is 0 Å². The number of allylic oxidation sites excluding steroid dienone is 4. The molecule has 0 aromatic carbocycles. The lowest BCUT2D eigenvalue weighted by Crippen LogP contribution is -1.83. The Kier molecular flexibility index (Phi) is 41.3. The van der Waals surface area contributed by atoms with E-state index in [1.54, 1.807) is 5.57 Å². The van der Waals surface area contributed by atoms with E-state index >= 15 is 0 Å². The Labute approximate surface area is 250 Å². The lowest BCUT2D eigenvalue weighted by atomic mass is 10.0. The van der Waals surface area contributed by atoms with E-state index in [4.69, 9.17) is 0 Å². The van der Waals surface area contributed by atoms with Gasteiger partial charge in [-0.15, -0.1) is 0 Å². The predicted molar refractivity (Wildman–Crippen MR) is 184 cm³/mol. The van der Waals surface area contributed by atoms with E-state index < -0.39 is 0 Å². The van der Waals surface area contributed by atoms with Gasteiger partial charge >= 0.3 is 0 Å². The van der Waals surface area contributed by atoms with Gasteiger partial charge in [-0.1, -0.05) is 206 Å². The average Bonchev–Trinajstić information content (AvgIpc) is 2.94. The van der Waals surface area contributed by atoms with E-state index in [0.717, 1.165) is 0 Å². The van der Waals surface area contributed by atoms with Gasteiger partial charge in [0.25, 0.3) is 0 Å². The number of unbranched alkanes of at least 4 members (excludes halogenated alkanes) is 25. The summed E-state index contributed by atoms with van der Waals surface area (Å²) in [6.07, 6.45) is 49.7. The van der Waals surface area contributed by atoms with Gasteiger partial charge in [-0.3, -0.25) is 0 Å². The van der Waals surface area contributed by atoms with Crippen LogP contribution < -0.4 is 0 Å². The Morgan fingerprint density at radius 1 is 0.359 bits per heavy atom. The van der Waals surface area contributed by atoms with Crippen molar-refractivity contribution >= 4 is 0 Å². The van der Waals surface area contributed by atoms with Gasteiger partial charge in [-0.25, -0.2) is 0 Å². The molecule has 0 heteroatoms. The molecule has 0 saturated carbocycles. The van der Waals surface area contributed by atoms with Gasteiger partial charge in [-0.2, -0.15) is 0 Å². The number of rotatable bonds is 30. The van der Waals surface area contributed by atoms with Crippen LogP contribution >= 0.6 is 0 Å². The second-order valence-corrected chi connectivity index (χ2v) is 12.4. The molecule has 0 radical (unpaired) electrons. The van der Waals surface area contributed by atoms with E-state index in [1.807, 2.05) is 0 Å². The Bertz CT molecular complexity index is 457. The van der Waals surface area contributed by atoms with Gasteiger partial charge in [0, 0.05) is 0 Å². The Morgan fingerprint density at radius 2 is 0.692 bits per heavy atom. The molecule has 0 aromatic rings. The molecule has 0 unspecified atom stereocenters. The van der Waals surface area contributed by atoms with Crippen molar-refractivity contribution in [3.05, 3.63) is 23.8 Å². The molecule has 0 rings (SSSR count). The first-order chi connectivity index (χ1) is 19.2. The van der Waals surface area contributed by atoms with Crippen LogP contribution in [0.3, 0.4) is 0 Å². The fourth-order valence-electron chi connectivity index (χ4n) is 5.38. The molecule has 0 bridgehead atoms. The first-order valence-corrected chi connectivity index (χ1v) is 18.5. The van der Waals surface area contributed by atoms with E-state index in [2.05, 4.69) is 52.8 Å². The van der Waals surface area contributed by atoms with Gasteiger partial charge in [0.05, 0.1) is 0 Å². The molecule has 0 N–H and O–H groups in total. The molecule has 39 heavy (non-hydrogen) atoms. The molecule has 0 fully saturated rings. The molecule has 0 heterocycles. The first-order valence-electron chi connectivity index (χ1n) is 18.5. The SMILES string of the molecule is CCC=C(C)CCCCCCCCCCCCCC.CCCC=CCCCCCCCCCCCCCCC. The van der Waals surface area contributed by atoms with E-state index in [0.29, 0.717) is 0 Å². The third-order valence-corrected chi connectivity index (χ3v) is 8.07. The van der Waals surface area contributed by atoms with Crippen molar-refractivity contribution in [2.45, 2.75) is 227 Å². The normalized spacial score (nSPS) is 11.8. The molecule has 234 valence electrons. The molecule has 0 nitrogen and oxygen atoms in total. The quantitative estimate of drug-likeness (QED) is 0.0620. The summed E-state index contributed by atoms with van der Waals surface area (Å²) in [4.78, 5) is 0. The van der Waals surface area contributed by atoms with Crippen LogP contribution in [0.1, 0.15) is 227 Å². The van der Waals surface area contributed by atoms with Gasteiger partial charge in [0.1, 0.15) is 0 Å². The van der Waals surface area contributed by atoms with Crippen LogP contribution in [0.2, 0.25) is 0 Å². The molecule has 0 aromatic heterocycles. The first kappa shape index (κ1) is 40.6. The molecule has 0 saturated heterocycles. The van der Waals surface area contributed by atoms with Crippen molar-refractivity contribution < 1.29 is 0 Å².